The van der Waals surface area contributed by atoms with E-state index < -0.39 is 0 Å². The Balaban J connectivity index is 2.01. The number of likely N-dealkylation sites (tertiary alicyclic amines) is 1. The van der Waals surface area contributed by atoms with Gasteiger partial charge in [-0.15, -0.1) is 0 Å². The number of hydrogen-bond donors (Lipinski definition) is 1. The van der Waals surface area contributed by atoms with Gasteiger partial charge in [-0.2, -0.15) is 0 Å². The third-order valence-electron chi connectivity index (χ3n) is 3.96. The number of methoxy groups -OCH3 is 1. The van der Waals surface area contributed by atoms with Gasteiger partial charge in [0.25, 0.3) is 0 Å². The second-order valence-corrected chi connectivity index (χ2v) is 6.48. The molecule has 1 heterocycles. The number of hydrogen-bond acceptors (Lipinski definition) is 3. The summed E-state index contributed by atoms with van der Waals surface area (Å²) in [6.45, 7) is 8.00. The fourth-order valence-corrected chi connectivity index (χ4v) is 3.43. The van der Waals surface area contributed by atoms with Crippen molar-refractivity contribution < 1.29 is 4.74 Å². The van der Waals surface area contributed by atoms with Gasteiger partial charge in [-0.05, 0) is 50.4 Å². The molecule has 1 aliphatic heterocycles. The van der Waals surface area contributed by atoms with Gasteiger partial charge >= 0.3 is 0 Å². The summed E-state index contributed by atoms with van der Waals surface area (Å²) in [5.74, 6) is 0.924. The highest BCUT2D eigenvalue weighted by atomic mass is 79.9. The normalized spacial score (nSPS) is 17.2. The summed E-state index contributed by atoms with van der Waals surface area (Å²) in [6.07, 6.45) is 3.66. The van der Waals surface area contributed by atoms with E-state index in [0.29, 0.717) is 6.04 Å². The van der Waals surface area contributed by atoms with Crippen LogP contribution in [0, 0.1) is 6.92 Å². The van der Waals surface area contributed by atoms with Crippen LogP contribution >= 0.6 is 15.9 Å². The summed E-state index contributed by atoms with van der Waals surface area (Å²) in [5, 5.41) is 3.69. The Morgan fingerprint density at radius 1 is 1.35 bits per heavy atom. The van der Waals surface area contributed by atoms with Crippen molar-refractivity contribution in [1.29, 1.82) is 0 Å². The molecule has 0 radical (unpaired) electrons. The van der Waals surface area contributed by atoms with E-state index in [1.807, 2.05) is 6.07 Å². The summed E-state index contributed by atoms with van der Waals surface area (Å²) in [6, 6.07) is 4.72. The fraction of sp³-hybridized carbons (Fsp3) is 0.625. The highest BCUT2D eigenvalue weighted by Gasteiger charge is 2.20. The second-order valence-electron chi connectivity index (χ2n) is 5.56. The predicted molar refractivity (Wildman–Crippen MR) is 88.8 cm³/mol. The first-order valence-electron chi connectivity index (χ1n) is 7.47. The minimum atomic E-state index is 0.553. The van der Waals surface area contributed by atoms with Crippen LogP contribution in [0.1, 0.15) is 31.7 Å². The molecule has 1 aromatic rings. The topological polar surface area (TPSA) is 24.5 Å². The molecule has 20 heavy (non-hydrogen) atoms. The molecule has 0 spiro atoms. The molecule has 0 aromatic heterocycles. The van der Waals surface area contributed by atoms with Crippen LogP contribution in [-0.4, -0.2) is 37.7 Å². The van der Waals surface area contributed by atoms with Gasteiger partial charge in [0.15, 0.2) is 0 Å². The van der Waals surface area contributed by atoms with Crippen molar-refractivity contribution in [3.05, 3.63) is 22.2 Å². The zero-order valence-corrected chi connectivity index (χ0v) is 14.3. The van der Waals surface area contributed by atoms with E-state index in [-0.39, 0.29) is 0 Å². The molecular formula is C16H25BrN2O. The number of halogens is 1. The van der Waals surface area contributed by atoms with Gasteiger partial charge in [-0.25, -0.2) is 0 Å². The van der Waals surface area contributed by atoms with Crippen molar-refractivity contribution in [2.24, 2.45) is 0 Å². The molecule has 112 valence electrons. The predicted octanol–water partition coefficient (Wildman–Crippen LogP) is 4.05. The fourth-order valence-electron chi connectivity index (χ4n) is 2.88. The van der Waals surface area contributed by atoms with Crippen LogP contribution in [0.3, 0.4) is 0 Å². The molecular weight excluding hydrogens is 316 g/mol. The number of rotatable bonds is 5. The molecule has 4 heteroatoms. The molecule has 3 nitrogen and oxygen atoms in total. The SMILES string of the molecule is CCCN1CCC(Nc2c(C)cc(Br)cc2OC)CC1. The number of nitrogens with zero attached hydrogens (tertiary/aromatic N) is 1. The Hall–Kier alpha value is -0.740. The molecule has 2 rings (SSSR count). The van der Waals surface area contributed by atoms with Gasteiger partial charge in [0.05, 0.1) is 12.8 Å². The van der Waals surface area contributed by atoms with E-state index in [2.05, 4.69) is 46.1 Å². The highest BCUT2D eigenvalue weighted by molar-refractivity contribution is 9.10. The van der Waals surface area contributed by atoms with Gasteiger partial charge in [0.2, 0.25) is 0 Å². The molecule has 0 amide bonds. The monoisotopic (exact) mass is 340 g/mol. The first kappa shape index (κ1) is 15.6. The zero-order chi connectivity index (χ0) is 14.5. The van der Waals surface area contributed by atoms with Gasteiger partial charge in [0, 0.05) is 23.6 Å². The lowest BCUT2D eigenvalue weighted by Gasteiger charge is -2.33. The first-order chi connectivity index (χ1) is 9.63. The molecule has 0 bridgehead atoms. The molecule has 0 aliphatic carbocycles. The number of piperidine rings is 1. The van der Waals surface area contributed by atoms with Crippen molar-refractivity contribution in [3.8, 4) is 5.75 Å². The maximum Gasteiger partial charge on any atom is 0.143 e. The van der Waals surface area contributed by atoms with Crippen LogP contribution in [0.5, 0.6) is 5.75 Å². The number of aryl methyl sites for hydroxylation is 1. The van der Waals surface area contributed by atoms with Crippen LogP contribution < -0.4 is 10.1 Å². The Kier molecular flexibility index (Phi) is 5.73. The Labute approximate surface area is 130 Å². The highest BCUT2D eigenvalue weighted by Crippen LogP contribution is 2.33. The largest absolute Gasteiger partial charge is 0.495 e. The van der Waals surface area contributed by atoms with E-state index in [0.717, 1.165) is 15.9 Å². The van der Waals surface area contributed by atoms with E-state index in [9.17, 15) is 0 Å². The maximum atomic E-state index is 5.51. The molecule has 1 aliphatic rings. The maximum absolute atomic E-state index is 5.51. The van der Waals surface area contributed by atoms with Crippen LogP contribution in [-0.2, 0) is 0 Å². The third kappa shape index (κ3) is 3.89. The molecule has 0 saturated carbocycles. The van der Waals surface area contributed by atoms with Crippen molar-refractivity contribution in [2.75, 3.05) is 32.1 Å². The number of anilines is 1. The lowest BCUT2D eigenvalue weighted by atomic mass is 10.0. The molecule has 1 saturated heterocycles. The van der Waals surface area contributed by atoms with Crippen molar-refractivity contribution in [3.63, 3.8) is 0 Å². The summed E-state index contributed by atoms with van der Waals surface area (Å²) in [5.41, 5.74) is 2.37. The van der Waals surface area contributed by atoms with Gasteiger partial charge in [0.1, 0.15) is 5.75 Å². The van der Waals surface area contributed by atoms with Crippen molar-refractivity contribution in [1.82, 2.24) is 4.90 Å². The van der Waals surface area contributed by atoms with Crippen LogP contribution in [0.25, 0.3) is 0 Å². The van der Waals surface area contributed by atoms with Crippen LogP contribution in [0.2, 0.25) is 0 Å². The first-order valence-corrected chi connectivity index (χ1v) is 8.26. The Bertz CT molecular complexity index is 442. The Morgan fingerprint density at radius 2 is 2.05 bits per heavy atom. The van der Waals surface area contributed by atoms with Gasteiger partial charge in [-0.1, -0.05) is 22.9 Å². The van der Waals surface area contributed by atoms with E-state index >= 15 is 0 Å². The average molecular weight is 341 g/mol. The quantitative estimate of drug-likeness (QED) is 0.874. The summed E-state index contributed by atoms with van der Waals surface area (Å²) in [7, 11) is 1.73. The minimum absolute atomic E-state index is 0.553. The smallest absolute Gasteiger partial charge is 0.143 e. The molecule has 1 fully saturated rings. The molecule has 1 N–H and O–H groups in total. The average Bonchev–Trinajstić information content (AvgIpc) is 2.43. The summed E-state index contributed by atoms with van der Waals surface area (Å²) < 4.78 is 6.57. The number of benzene rings is 1. The van der Waals surface area contributed by atoms with Crippen molar-refractivity contribution >= 4 is 21.6 Å². The molecule has 0 atom stereocenters. The van der Waals surface area contributed by atoms with Gasteiger partial charge in [-0.3, -0.25) is 0 Å². The Morgan fingerprint density at radius 3 is 2.65 bits per heavy atom. The standard InChI is InChI=1S/C16H25BrN2O/c1-4-7-19-8-5-14(6-9-19)18-16-12(2)10-13(17)11-15(16)20-3/h10-11,14,18H,4-9H2,1-3H3. The third-order valence-corrected chi connectivity index (χ3v) is 4.42. The summed E-state index contributed by atoms with van der Waals surface area (Å²) in [4.78, 5) is 2.56. The van der Waals surface area contributed by atoms with Crippen LogP contribution in [0.4, 0.5) is 5.69 Å². The molecule has 0 unspecified atom stereocenters. The number of ether oxygens (including phenoxy) is 1. The van der Waals surface area contributed by atoms with Crippen LogP contribution in [0.15, 0.2) is 16.6 Å². The molecule has 1 aromatic carbocycles. The zero-order valence-electron chi connectivity index (χ0n) is 12.7. The summed E-state index contributed by atoms with van der Waals surface area (Å²) >= 11 is 3.52. The second kappa shape index (κ2) is 7.32. The minimum Gasteiger partial charge on any atom is -0.495 e. The van der Waals surface area contributed by atoms with Crippen molar-refractivity contribution in [2.45, 2.75) is 39.2 Å². The van der Waals surface area contributed by atoms with E-state index in [4.69, 9.17) is 4.74 Å². The lowest BCUT2D eigenvalue weighted by molar-refractivity contribution is 0.219. The number of nitrogens with one attached hydrogen (secondary N) is 1. The lowest BCUT2D eigenvalue weighted by Crippen LogP contribution is -2.39. The van der Waals surface area contributed by atoms with E-state index in [1.165, 1.54) is 44.5 Å². The van der Waals surface area contributed by atoms with Gasteiger partial charge < -0.3 is 15.0 Å². The van der Waals surface area contributed by atoms with E-state index in [1.54, 1.807) is 7.11 Å².